The van der Waals surface area contributed by atoms with Crippen LogP contribution in [-0.4, -0.2) is 40.0 Å². The third-order valence-corrected chi connectivity index (χ3v) is 4.26. The third-order valence-electron chi connectivity index (χ3n) is 4.26. The number of piperidine rings is 1. The molecule has 1 aliphatic heterocycles. The molecule has 3 rings (SSSR count). The van der Waals surface area contributed by atoms with Crippen molar-refractivity contribution in [2.45, 2.75) is 38.9 Å². The minimum absolute atomic E-state index is 0.00864. The Morgan fingerprint density at radius 3 is 2.71 bits per heavy atom. The average Bonchev–Trinajstić information content (AvgIpc) is 2.67. The van der Waals surface area contributed by atoms with E-state index in [-0.39, 0.29) is 12.0 Å². The molecular weight excluding hydrogens is 302 g/mol. The molecule has 5 heteroatoms. The molecule has 1 aliphatic rings. The van der Waals surface area contributed by atoms with Crippen molar-refractivity contribution >= 4 is 5.91 Å². The number of ether oxygens (including phenoxy) is 1. The van der Waals surface area contributed by atoms with Crippen molar-refractivity contribution in [2.75, 3.05) is 13.1 Å². The van der Waals surface area contributed by atoms with Gasteiger partial charge in [0.25, 0.3) is 5.91 Å². The van der Waals surface area contributed by atoms with Crippen LogP contribution in [0.2, 0.25) is 0 Å². The topological polar surface area (TPSA) is 55.3 Å². The van der Waals surface area contributed by atoms with Gasteiger partial charge in [-0.25, -0.2) is 9.97 Å². The van der Waals surface area contributed by atoms with Gasteiger partial charge in [-0.3, -0.25) is 4.79 Å². The van der Waals surface area contributed by atoms with E-state index in [1.807, 2.05) is 30.0 Å². The van der Waals surface area contributed by atoms with E-state index in [1.54, 1.807) is 12.4 Å². The molecule has 0 aliphatic carbocycles. The molecule has 1 aromatic carbocycles. The van der Waals surface area contributed by atoms with Crippen molar-refractivity contribution in [1.82, 2.24) is 14.9 Å². The molecule has 0 radical (unpaired) electrons. The van der Waals surface area contributed by atoms with Crippen molar-refractivity contribution in [3.63, 3.8) is 0 Å². The van der Waals surface area contributed by atoms with Crippen LogP contribution in [0.5, 0.6) is 0 Å². The number of nitrogens with zero attached hydrogens (tertiary/aromatic N) is 3. The first kappa shape index (κ1) is 16.6. The Labute approximate surface area is 142 Å². The van der Waals surface area contributed by atoms with Gasteiger partial charge >= 0.3 is 0 Å². The fourth-order valence-corrected chi connectivity index (χ4v) is 2.88. The highest BCUT2D eigenvalue weighted by Crippen LogP contribution is 2.17. The van der Waals surface area contributed by atoms with Gasteiger partial charge in [-0.15, -0.1) is 0 Å². The summed E-state index contributed by atoms with van der Waals surface area (Å²) in [7, 11) is 0. The molecule has 0 N–H and O–H groups in total. The predicted octanol–water partition coefficient (Wildman–Crippen LogP) is 2.86. The summed E-state index contributed by atoms with van der Waals surface area (Å²) >= 11 is 0. The normalized spacial score (nSPS) is 17.7. The fraction of sp³-hybridized carbons (Fsp3) is 0.421. The summed E-state index contributed by atoms with van der Waals surface area (Å²) in [6.07, 6.45) is 6.05. The first-order valence-electron chi connectivity index (χ1n) is 8.52. The molecule has 0 bridgehead atoms. The molecule has 1 fully saturated rings. The van der Waals surface area contributed by atoms with E-state index in [2.05, 4.69) is 22.1 Å². The van der Waals surface area contributed by atoms with E-state index in [4.69, 9.17) is 4.74 Å². The maximum atomic E-state index is 12.6. The number of hydrogen-bond acceptors (Lipinski definition) is 4. The minimum Gasteiger partial charge on any atom is -0.372 e. The summed E-state index contributed by atoms with van der Waals surface area (Å²) in [5.74, 6) is 0.750. The monoisotopic (exact) mass is 325 g/mol. The van der Waals surface area contributed by atoms with Crippen molar-refractivity contribution in [1.29, 1.82) is 0 Å². The van der Waals surface area contributed by atoms with Crippen molar-refractivity contribution in [3.05, 3.63) is 59.7 Å². The Morgan fingerprint density at radius 2 is 2.00 bits per heavy atom. The number of likely N-dealkylation sites (tertiary alicyclic amines) is 1. The first-order chi connectivity index (χ1) is 11.8. The number of carbonyl (C=O) groups excluding carboxylic acids is 1. The summed E-state index contributed by atoms with van der Waals surface area (Å²) < 4.78 is 6.00. The second-order valence-electron chi connectivity index (χ2n) is 6.05. The van der Waals surface area contributed by atoms with E-state index >= 15 is 0 Å². The molecule has 5 nitrogen and oxygen atoms in total. The smallest absolute Gasteiger partial charge is 0.257 e. The lowest BCUT2D eigenvalue weighted by molar-refractivity contribution is -0.00675. The molecule has 1 amide bonds. The fourth-order valence-electron chi connectivity index (χ4n) is 2.88. The van der Waals surface area contributed by atoms with Crippen molar-refractivity contribution in [3.8, 4) is 0 Å². The molecule has 2 aromatic rings. The van der Waals surface area contributed by atoms with Gasteiger partial charge in [0.2, 0.25) is 0 Å². The molecule has 2 heterocycles. The maximum Gasteiger partial charge on any atom is 0.257 e. The Morgan fingerprint density at radius 1 is 1.25 bits per heavy atom. The van der Waals surface area contributed by atoms with Gasteiger partial charge < -0.3 is 9.64 Å². The van der Waals surface area contributed by atoms with Gasteiger partial charge in [-0.05, 0) is 18.4 Å². The lowest BCUT2D eigenvalue weighted by Crippen LogP contribution is -2.43. The number of carbonyl (C=O) groups is 1. The second kappa shape index (κ2) is 8.02. The molecule has 24 heavy (non-hydrogen) atoms. The molecule has 126 valence electrons. The zero-order valence-electron chi connectivity index (χ0n) is 14.0. The van der Waals surface area contributed by atoms with Crippen LogP contribution in [0.3, 0.4) is 0 Å². The lowest BCUT2D eigenvalue weighted by atomic mass is 10.1. The maximum absolute atomic E-state index is 12.6. The van der Waals surface area contributed by atoms with Crippen molar-refractivity contribution < 1.29 is 9.53 Å². The molecular formula is C19H23N3O2. The van der Waals surface area contributed by atoms with Gasteiger partial charge in [0.15, 0.2) is 0 Å². The highest BCUT2D eigenvalue weighted by molar-refractivity contribution is 5.93. The molecule has 0 saturated carbocycles. The summed E-state index contributed by atoms with van der Waals surface area (Å²) in [6, 6.07) is 10.1. The summed E-state index contributed by atoms with van der Waals surface area (Å²) in [6.45, 7) is 3.97. The van der Waals surface area contributed by atoms with Crippen LogP contribution < -0.4 is 0 Å². The van der Waals surface area contributed by atoms with Crippen LogP contribution >= 0.6 is 0 Å². The number of hydrogen-bond donors (Lipinski definition) is 0. The van der Waals surface area contributed by atoms with Gasteiger partial charge in [0.1, 0.15) is 5.82 Å². The molecule has 1 atom stereocenters. The van der Waals surface area contributed by atoms with Crippen LogP contribution in [-0.2, 0) is 17.8 Å². The summed E-state index contributed by atoms with van der Waals surface area (Å²) in [4.78, 5) is 22.9. The highest BCUT2D eigenvalue weighted by Gasteiger charge is 2.25. The number of benzene rings is 1. The summed E-state index contributed by atoms with van der Waals surface area (Å²) in [5, 5.41) is 0. The number of amides is 1. The predicted molar refractivity (Wildman–Crippen MR) is 91.6 cm³/mol. The molecule has 0 unspecified atom stereocenters. The standard InChI is InChI=1S/C19H23N3O2/c1-2-18-20-11-16(12-21-18)19(23)22-10-6-9-17(13-22)24-14-15-7-4-3-5-8-15/h3-5,7-8,11-12,17H,2,6,9-10,13-14H2,1H3/t17-/m0/s1. The van der Waals surface area contributed by atoms with Crippen LogP contribution in [0.25, 0.3) is 0 Å². The highest BCUT2D eigenvalue weighted by atomic mass is 16.5. The Kier molecular flexibility index (Phi) is 5.54. The van der Waals surface area contributed by atoms with Crippen LogP contribution in [0.4, 0.5) is 0 Å². The number of aryl methyl sites for hydroxylation is 1. The Balaban J connectivity index is 1.57. The van der Waals surface area contributed by atoms with Crippen LogP contribution in [0.1, 0.15) is 41.5 Å². The van der Waals surface area contributed by atoms with E-state index in [0.29, 0.717) is 18.7 Å². The third kappa shape index (κ3) is 4.17. The van der Waals surface area contributed by atoms with Gasteiger partial charge in [0, 0.05) is 31.9 Å². The van der Waals surface area contributed by atoms with Crippen LogP contribution in [0.15, 0.2) is 42.7 Å². The molecule has 1 aromatic heterocycles. The Hall–Kier alpha value is -2.27. The number of aromatic nitrogens is 2. The largest absolute Gasteiger partial charge is 0.372 e. The van der Waals surface area contributed by atoms with E-state index in [1.165, 1.54) is 0 Å². The molecule has 0 spiro atoms. The van der Waals surface area contributed by atoms with Gasteiger partial charge in [-0.1, -0.05) is 37.3 Å². The molecule has 1 saturated heterocycles. The Bertz CT molecular complexity index is 658. The van der Waals surface area contributed by atoms with Gasteiger partial charge in [-0.2, -0.15) is 0 Å². The van der Waals surface area contributed by atoms with E-state index < -0.39 is 0 Å². The zero-order chi connectivity index (χ0) is 16.8. The summed E-state index contributed by atoms with van der Waals surface area (Å²) in [5.41, 5.74) is 1.71. The zero-order valence-corrected chi connectivity index (χ0v) is 14.0. The van der Waals surface area contributed by atoms with E-state index in [9.17, 15) is 4.79 Å². The first-order valence-corrected chi connectivity index (χ1v) is 8.52. The van der Waals surface area contributed by atoms with E-state index in [0.717, 1.165) is 37.2 Å². The SMILES string of the molecule is CCc1ncc(C(=O)N2CCC[C@H](OCc3ccccc3)C2)cn1. The lowest BCUT2D eigenvalue weighted by Gasteiger charge is -2.32. The second-order valence-corrected chi connectivity index (χ2v) is 6.05. The quantitative estimate of drug-likeness (QED) is 0.848. The number of rotatable bonds is 5. The minimum atomic E-state index is -0.00864. The average molecular weight is 325 g/mol. The van der Waals surface area contributed by atoms with Crippen LogP contribution in [0, 0.1) is 0 Å². The van der Waals surface area contributed by atoms with Gasteiger partial charge in [0.05, 0.1) is 18.3 Å². The van der Waals surface area contributed by atoms with Crippen molar-refractivity contribution in [2.24, 2.45) is 0 Å².